The number of hydrogen-bond acceptors (Lipinski definition) is 6. The first kappa shape index (κ1) is 31.6. The van der Waals surface area contributed by atoms with Crippen LogP contribution in [-0.4, -0.2) is 35.9 Å². The van der Waals surface area contributed by atoms with Crippen molar-refractivity contribution >= 4 is 17.3 Å². The van der Waals surface area contributed by atoms with E-state index >= 15 is 0 Å². The quantitative estimate of drug-likeness (QED) is 0.147. The molecule has 8 heteroatoms. The van der Waals surface area contributed by atoms with Gasteiger partial charge in [0.05, 0.1) is 7.11 Å². The van der Waals surface area contributed by atoms with Crippen molar-refractivity contribution < 1.29 is 19.4 Å². The van der Waals surface area contributed by atoms with E-state index in [0.29, 0.717) is 35.2 Å². The number of phenolic OH excluding ortho intramolecular Hbond substituents is 1. The van der Waals surface area contributed by atoms with Gasteiger partial charge in [-0.1, -0.05) is 55.5 Å². The first-order valence-corrected chi connectivity index (χ1v) is 15.9. The third-order valence-electron chi connectivity index (χ3n) is 8.83. The third kappa shape index (κ3) is 7.08. The Morgan fingerprint density at radius 3 is 2.23 bits per heavy atom. The number of aromatic nitrogens is 1. The summed E-state index contributed by atoms with van der Waals surface area (Å²) in [5.41, 5.74) is 13.3. The standard InChI is InChI=1S/C39H39N3O5/c1-3-25-4-6-28(7-5-25)33-23-42(22-26-16-18-47-19-17-26)24-34(38(33)44)39(45)41-31-12-8-27(9-13-31)32-20-29(10-14-35(32)40)30-11-15-36(43)37(21-30)46-2/h4-15,20-21,23-24,26,43H,3,16-19,22,40H2,1-2H3,(H,41,45). The van der Waals surface area contributed by atoms with Crippen LogP contribution in [0.2, 0.25) is 0 Å². The lowest BCUT2D eigenvalue weighted by molar-refractivity contribution is 0.0612. The molecule has 6 rings (SSSR count). The van der Waals surface area contributed by atoms with Crippen LogP contribution >= 0.6 is 0 Å². The number of nitrogen functional groups attached to an aromatic ring is 1. The smallest absolute Gasteiger partial charge is 0.261 e. The van der Waals surface area contributed by atoms with Crippen LogP contribution in [-0.2, 0) is 17.7 Å². The second-order valence-corrected chi connectivity index (χ2v) is 11.9. The molecule has 1 saturated heterocycles. The Hall–Kier alpha value is -5.34. The van der Waals surface area contributed by atoms with Gasteiger partial charge in [-0.3, -0.25) is 9.59 Å². The number of pyridine rings is 1. The molecule has 1 fully saturated rings. The number of phenols is 1. The fourth-order valence-corrected chi connectivity index (χ4v) is 6.03. The summed E-state index contributed by atoms with van der Waals surface area (Å²) in [5.74, 6) is 0.404. The molecular formula is C39H39N3O5. The van der Waals surface area contributed by atoms with Crippen molar-refractivity contribution in [1.29, 1.82) is 0 Å². The number of nitrogens with one attached hydrogen (secondary N) is 1. The Kier molecular flexibility index (Phi) is 9.40. The molecule has 4 N–H and O–H groups in total. The van der Waals surface area contributed by atoms with E-state index in [0.717, 1.165) is 60.3 Å². The molecule has 47 heavy (non-hydrogen) atoms. The maximum atomic E-state index is 13.8. The Bertz CT molecular complexity index is 1940. The highest BCUT2D eigenvalue weighted by Crippen LogP contribution is 2.35. The number of methoxy groups -OCH3 is 1. The minimum atomic E-state index is -0.460. The lowest BCUT2D eigenvalue weighted by atomic mass is 9.97. The molecule has 1 aliphatic rings. The normalized spacial score (nSPS) is 13.3. The van der Waals surface area contributed by atoms with Crippen molar-refractivity contribution in [2.24, 2.45) is 5.92 Å². The number of rotatable bonds is 9. The molecule has 0 atom stereocenters. The van der Waals surface area contributed by atoms with Gasteiger partial charge in [0.2, 0.25) is 5.43 Å². The number of anilines is 2. The fourth-order valence-electron chi connectivity index (χ4n) is 6.03. The van der Waals surface area contributed by atoms with Gasteiger partial charge in [0.25, 0.3) is 5.91 Å². The van der Waals surface area contributed by atoms with E-state index in [1.807, 2.05) is 71.4 Å². The first-order chi connectivity index (χ1) is 22.8. The largest absolute Gasteiger partial charge is 0.504 e. The summed E-state index contributed by atoms with van der Waals surface area (Å²) >= 11 is 0. The van der Waals surface area contributed by atoms with Crippen molar-refractivity contribution in [2.75, 3.05) is 31.4 Å². The van der Waals surface area contributed by atoms with Crippen molar-refractivity contribution in [3.8, 4) is 44.9 Å². The highest BCUT2D eigenvalue weighted by Gasteiger charge is 2.20. The molecule has 0 saturated carbocycles. The van der Waals surface area contributed by atoms with E-state index in [1.165, 1.54) is 12.7 Å². The maximum Gasteiger partial charge on any atom is 0.261 e. The predicted octanol–water partition coefficient (Wildman–Crippen LogP) is 7.39. The third-order valence-corrected chi connectivity index (χ3v) is 8.83. The lowest BCUT2D eigenvalue weighted by Gasteiger charge is -2.23. The SMILES string of the molecule is CCc1ccc(-c2cn(CC3CCOCC3)cc(C(=O)Nc3ccc(-c4cc(-c5ccc(O)c(OC)c5)ccc4N)cc3)c2=O)cc1. The minimum absolute atomic E-state index is 0.0696. The van der Waals surface area contributed by atoms with Crippen LogP contribution in [0, 0.1) is 5.92 Å². The van der Waals surface area contributed by atoms with Crippen LogP contribution < -0.4 is 21.2 Å². The summed E-state index contributed by atoms with van der Waals surface area (Å²) in [5, 5.41) is 12.9. The van der Waals surface area contributed by atoms with E-state index in [9.17, 15) is 14.7 Å². The number of nitrogens with two attached hydrogens (primary N) is 1. The Balaban J connectivity index is 1.27. The van der Waals surface area contributed by atoms with Gasteiger partial charge in [0, 0.05) is 54.7 Å². The van der Waals surface area contributed by atoms with Gasteiger partial charge >= 0.3 is 0 Å². The molecule has 0 bridgehead atoms. The summed E-state index contributed by atoms with van der Waals surface area (Å²) in [6.45, 7) is 4.24. The van der Waals surface area contributed by atoms with Gasteiger partial charge in [-0.15, -0.1) is 0 Å². The van der Waals surface area contributed by atoms with Crippen LogP contribution in [0.5, 0.6) is 11.5 Å². The number of ether oxygens (including phenoxy) is 2. The number of aromatic hydroxyl groups is 1. The highest BCUT2D eigenvalue weighted by molar-refractivity contribution is 6.04. The van der Waals surface area contributed by atoms with Crippen molar-refractivity contribution in [3.63, 3.8) is 0 Å². The van der Waals surface area contributed by atoms with E-state index in [-0.39, 0.29) is 16.7 Å². The molecule has 0 radical (unpaired) electrons. The number of nitrogens with zero attached hydrogens (tertiary/aromatic N) is 1. The number of carbonyl (C=O) groups is 1. The molecule has 0 spiro atoms. The van der Waals surface area contributed by atoms with Crippen LogP contribution in [0.15, 0.2) is 102 Å². The predicted molar refractivity (Wildman–Crippen MR) is 187 cm³/mol. The molecular weight excluding hydrogens is 590 g/mol. The highest BCUT2D eigenvalue weighted by atomic mass is 16.5. The molecule has 1 aliphatic heterocycles. The molecule has 8 nitrogen and oxygen atoms in total. The van der Waals surface area contributed by atoms with Crippen LogP contribution in [0.1, 0.15) is 35.7 Å². The Labute approximate surface area is 274 Å². The first-order valence-electron chi connectivity index (χ1n) is 15.9. The molecule has 5 aromatic rings. The molecule has 4 aromatic carbocycles. The lowest BCUT2D eigenvalue weighted by Crippen LogP contribution is -2.26. The second-order valence-electron chi connectivity index (χ2n) is 11.9. The minimum Gasteiger partial charge on any atom is -0.504 e. The van der Waals surface area contributed by atoms with Gasteiger partial charge in [-0.25, -0.2) is 0 Å². The van der Waals surface area contributed by atoms with Crippen LogP contribution in [0.25, 0.3) is 33.4 Å². The van der Waals surface area contributed by atoms with Gasteiger partial charge in [-0.2, -0.15) is 0 Å². The number of amides is 1. The summed E-state index contributed by atoms with van der Waals surface area (Å²) in [6, 6.07) is 26.3. The summed E-state index contributed by atoms with van der Waals surface area (Å²) in [7, 11) is 1.51. The van der Waals surface area contributed by atoms with Crippen molar-refractivity contribution in [1.82, 2.24) is 4.57 Å². The average molecular weight is 630 g/mol. The monoisotopic (exact) mass is 629 g/mol. The van der Waals surface area contributed by atoms with Crippen LogP contribution in [0.4, 0.5) is 11.4 Å². The second kappa shape index (κ2) is 14.0. The number of carbonyl (C=O) groups excluding carboxylic acids is 1. The summed E-state index contributed by atoms with van der Waals surface area (Å²) < 4.78 is 12.8. The Morgan fingerprint density at radius 2 is 1.53 bits per heavy atom. The molecule has 0 unspecified atom stereocenters. The van der Waals surface area contributed by atoms with E-state index < -0.39 is 5.91 Å². The van der Waals surface area contributed by atoms with Gasteiger partial charge in [0.1, 0.15) is 5.56 Å². The van der Waals surface area contributed by atoms with E-state index in [4.69, 9.17) is 15.2 Å². The zero-order valence-corrected chi connectivity index (χ0v) is 26.7. The Morgan fingerprint density at radius 1 is 0.894 bits per heavy atom. The fraction of sp³-hybridized carbons (Fsp3) is 0.231. The zero-order chi connectivity index (χ0) is 32.9. The van der Waals surface area contributed by atoms with Gasteiger partial charge in [0.15, 0.2) is 11.5 Å². The van der Waals surface area contributed by atoms with Crippen molar-refractivity contribution in [2.45, 2.75) is 32.7 Å². The summed E-state index contributed by atoms with van der Waals surface area (Å²) in [4.78, 5) is 27.4. The number of hydrogen-bond donors (Lipinski definition) is 3. The molecule has 0 aliphatic carbocycles. The maximum absolute atomic E-state index is 13.8. The van der Waals surface area contributed by atoms with Crippen molar-refractivity contribution in [3.05, 3.63) is 119 Å². The molecule has 2 heterocycles. The van der Waals surface area contributed by atoms with Gasteiger partial charge in [-0.05, 0) is 89.4 Å². The molecule has 240 valence electrons. The number of benzene rings is 4. The van der Waals surface area contributed by atoms with Gasteiger partial charge < -0.3 is 30.2 Å². The number of aryl methyl sites for hydroxylation is 1. The molecule has 1 aromatic heterocycles. The zero-order valence-electron chi connectivity index (χ0n) is 26.7. The topological polar surface area (TPSA) is 116 Å². The van der Waals surface area contributed by atoms with E-state index in [1.54, 1.807) is 30.5 Å². The summed E-state index contributed by atoms with van der Waals surface area (Å²) in [6.07, 6.45) is 6.34. The average Bonchev–Trinajstić information content (AvgIpc) is 3.10. The van der Waals surface area contributed by atoms with E-state index in [2.05, 4.69) is 12.2 Å². The molecule has 1 amide bonds. The van der Waals surface area contributed by atoms with Crippen LogP contribution in [0.3, 0.4) is 0 Å².